The van der Waals surface area contributed by atoms with E-state index in [2.05, 4.69) is 16.0 Å². The highest BCUT2D eigenvalue weighted by atomic mass is 32.2. The van der Waals surface area contributed by atoms with E-state index in [1.165, 1.54) is 28.5 Å². The molecule has 33 heavy (non-hydrogen) atoms. The van der Waals surface area contributed by atoms with Gasteiger partial charge in [-0.3, -0.25) is 9.59 Å². The van der Waals surface area contributed by atoms with Crippen LogP contribution in [0.2, 0.25) is 0 Å². The number of carbonyl (C=O) groups excluding carboxylic acids is 3. The molecule has 6 atom stereocenters. The van der Waals surface area contributed by atoms with Gasteiger partial charge in [-0.25, -0.2) is 9.59 Å². The van der Waals surface area contributed by atoms with Gasteiger partial charge in [0.2, 0.25) is 5.91 Å². The maximum Gasteiger partial charge on any atom is 0.353 e. The summed E-state index contributed by atoms with van der Waals surface area (Å²) in [6, 6.07) is -1.52. The zero-order valence-corrected chi connectivity index (χ0v) is 19.6. The monoisotopic (exact) mass is 489 g/mol. The zero-order valence-electron chi connectivity index (χ0n) is 18.8. The maximum atomic E-state index is 12.8. The van der Waals surface area contributed by atoms with Crippen molar-refractivity contribution >= 4 is 35.6 Å². The van der Waals surface area contributed by atoms with E-state index in [-0.39, 0.29) is 28.9 Å². The highest BCUT2D eigenvalue weighted by Gasteiger charge is 2.60. The van der Waals surface area contributed by atoms with Gasteiger partial charge in [0.25, 0.3) is 5.91 Å². The van der Waals surface area contributed by atoms with Gasteiger partial charge in [-0.2, -0.15) is 8.78 Å². The number of carboxylic acid groups (broad SMARTS) is 1. The normalized spacial score (nSPS) is 29.6. The molecule has 2 saturated heterocycles. The van der Waals surface area contributed by atoms with Gasteiger partial charge in [0.1, 0.15) is 5.70 Å². The van der Waals surface area contributed by atoms with Crippen LogP contribution in [0.3, 0.4) is 0 Å². The molecule has 3 heterocycles. The van der Waals surface area contributed by atoms with Gasteiger partial charge in [0, 0.05) is 55.3 Å². The second-order valence-electron chi connectivity index (χ2n) is 8.79. The van der Waals surface area contributed by atoms with E-state index in [0.29, 0.717) is 24.4 Å². The van der Waals surface area contributed by atoms with E-state index >= 15 is 0 Å². The first-order chi connectivity index (χ1) is 15.4. The first-order valence-corrected chi connectivity index (χ1v) is 11.6. The van der Waals surface area contributed by atoms with E-state index < -0.39 is 42.2 Å². The summed E-state index contributed by atoms with van der Waals surface area (Å²) in [5, 5.41) is 18.1. The summed E-state index contributed by atoms with van der Waals surface area (Å²) in [6.07, 6.45) is -2.49. The number of urea groups is 1. The number of hydrogen-bond donors (Lipinski definition) is 4. The molecule has 0 aliphatic carbocycles. The van der Waals surface area contributed by atoms with E-state index in [0.717, 1.165) is 0 Å². The molecule has 2 fully saturated rings. The molecule has 10 nitrogen and oxygen atoms in total. The minimum atomic E-state index is -3.19. The Morgan fingerprint density at radius 1 is 1.33 bits per heavy atom. The molecule has 0 saturated carbocycles. The quantitative estimate of drug-likeness (QED) is 0.360. The van der Waals surface area contributed by atoms with Crippen molar-refractivity contribution in [1.29, 1.82) is 0 Å². The van der Waals surface area contributed by atoms with E-state index in [9.17, 15) is 33.1 Å². The van der Waals surface area contributed by atoms with Crippen LogP contribution in [0.1, 0.15) is 20.3 Å². The number of halogens is 2. The number of carbonyl (C=O) groups is 4. The molecule has 4 N–H and O–H groups in total. The van der Waals surface area contributed by atoms with Crippen LogP contribution in [0.15, 0.2) is 10.6 Å². The average molecular weight is 490 g/mol. The van der Waals surface area contributed by atoms with Crippen molar-refractivity contribution in [2.75, 3.05) is 27.2 Å². The molecule has 0 radical (unpaired) electrons. The number of rotatable bonds is 8. The molecule has 0 bridgehead atoms. The van der Waals surface area contributed by atoms with Crippen LogP contribution in [0.25, 0.3) is 0 Å². The van der Waals surface area contributed by atoms with Crippen molar-refractivity contribution in [1.82, 2.24) is 25.8 Å². The largest absolute Gasteiger partial charge is 0.477 e. The number of nitrogens with one attached hydrogen (secondary N) is 3. The van der Waals surface area contributed by atoms with E-state index in [1.54, 1.807) is 14.1 Å². The molecular formula is C20H29F2N5O5S. The predicted molar refractivity (Wildman–Crippen MR) is 116 cm³/mol. The van der Waals surface area contributed by atoms with Crippen LogP contribution in [0.5, 0.6) is 0 Å². The Morgan fingerprint density at radius 2 is 2.00 bits per heavy atom. The lowest BCUT2D eigenvalue weighted by molar-refractivity contribution is -0.159. The van der Waals surface area contributed by atoms with Gasteiger partial charge >= 0.3 is 18.4 Å². The highest BCUT2D eigenvalue weighted by Crippen LogP contribution is 2.51. The van der Waals surface area contributed by atoms with Crippen molar-refractivity contribution in [2.24, 2.45) is 11.8 Å². The number of alkyl halides is 2. The summed E-state index contributed by atoms with van der Waals surface area (Å²) >= 11 is 1.40. The number of β-lactam (4-membered cyclic amide) rings is 1. The average Bonchev–Trinajstić information content (AvgIpc) is 3.27. The van der Waals surface area contributed by atoms with Crippen molar-refractivity contribution in [3.63, 3.8) is 0 Å². The summed E-state index contributed by atoms with van der Waals surface area (Å²) in [4.78, 5) is 51.1. The summed E-state index contributed by atoms with van der Waals surface area (Å²) in [5.74, 6) is -4.25. The molecule has 4 amide bonds. The molecule has 3 rings (SSSR count). The number of amides is 4. The molecule has 0 aromatic rings. The smallest absolute Gasteiger partial charge is 0.353 e. The van der Waals surface area contributed by atoms with Crippen LogP contribution >= 0.6 is 11.8 Å². The van der Waals surface area contributed by atoms with Gasteiger partial charge < -0.3 is 30.9 Å². The Kier molecular flexibility index (Phi) is 7.52. The standard InChI is InChI=1S/C20H29F2N5O5S/c1-8-13-12(9(2)25-17(28)16(21)22)18(29)27(13)14(19(30)31)15(8)33-11-5-10(23-7-11)6-24-20(32)26(3)4/h8-13,16,23H,5-7H2,1-4H3,(H,24,32)(H,25,28)(H,30,31)/t8-,9-,10+,11+,12-,13-/m1/s1. The first-order valence-electron chi connectivity index (χ1n) is 10.7. The lowest BCUT2D eigenvalue weighted by Gasteiger charge is -2.47. The Hall–Kier alpha value is -2.41. The van der Waals surface area contributed by atoms with E-state index in [1.807, 2.05) is 6.92 Å². The fraction of sp³-hybridized carbons (Fsp3) is 0.700. The van der Waals surface area contributed by atoms with Crippen molar-refractivity contribution in [3.8, 4) is 0 Å². The number of thioether (sulfide) groups is 1. The number of hydrogen-bond acceptors (Lipinski definition) is 6. The third kappa shape index (κ3) is 4.93. The van der Waals surface area contributed by atoms with Crippen LogP contribution < -0.4 is 16.0 Å². The molecule has 3 aliphatic heterocycles. The minimum Gasteiger partial charge on any atom is -0.477 e. The molecule has 0 unspecified atom stereocenters. The van der Waals surface area contributed by atoms with Gasteiger partial charge in [0.15, 0.2) is 0 Å². The van der Waals surface area contributed by atoms with Gasteiger partial charge in [-0.15, -0.1) is 11.8 Å². The first kappa shape index (κ1) is 25.2. The number of nitrogens with zero attached hydrogens (tertiary/aromatic N) is 2. The number of fused-ring (bicyclic) bond motifs is 1. The number of aliphatic carboxylic acids is 1. The minimum absolute atomic E-state index is 0.0352. The van der Waals surface area contributed by atoms with Crippen molar-refractivity contribution in [2.45, 2.75) is 50.1 Å². The second-order valence-corrected chi connectivity index (χ2v) is 10.1. The van der Waals surface area contributed by atoms with Crippen LogP contribution in [0, 0.1) is 11.8 Å². The predicted octanol–water partition coefficient (Wildman–Crippen LogP) is 0.264. The topological polar surface area (TPSA) is 131 Å². The van der Waals surface area contributed by atoms with Gasteiger partial charge in [-0.1, -0.05) is 6.92 Å². The second kappa shape index (κ2) is 9.84. The number of carboxylic acids is 1. The van der Waals surface area contributed by atoms with Crippen LogP contribution in [0.4, 0.5) is 13.6 Å². The Labute approximate surface area is 194 Å². The molecule has 13 heteroatoms. The summed E-state index contributed by atoms with van der Waals surface area (Å²) < 4.78 is 25.2. The maximum absolute atomic E-state index is 12.8. The zero-order chi connectivity index (χ0) is 24.6. The summed E-state index contributed by atoms with van der Waals surface area (Å²) in [5.41, 5.74) is -0.0736. The van der Waals surface area contributed by atoms with Gasteiger partial charge in [-0.05, 0) is 13.3 Å². The Bertz CT molecular complexity index is 870. The third-order valence-corrected chi connectivity index (χ3v) is 7.79. The SMILES string of the molecule is C[C@@H](NC(=O)C(F)F)[C@H]1C(=O)N2C(C(=O)O)=C(S[C@@H]3CN[C@H](CNC(=O)N(C)C)C3)[C@H](C)[C@H]12. The van der Waals surface area contributed by atoms with E-state index in [4.69, 9.17) is 0 Å². The fourth-order valence-corrected chi connectivity index (χ4v) is 6.17. The molecule has 0 aromatic heterocycles. The molecular weight excluding hydrogens is 460 g/mol. The lowest BCUT2D eigenvalue weighted by atomic mass is 9.78. The van der Waals surface area contributed by atoms with Crippen LogP contribution in [-0.4, -0.2) is 95.7 Å². The Balaban J connectivity index is 1.67. The van der Waals surface area contributed by atoms with Crippen LogP contribution in [-0.2, 0) is 14.4 Å². The third-order valence-electron chi connectivity index (χ3n) is 6.28. The molecule has 0 aromatic carbocycles. The fourth-order valence-electron chi connectivity index (χ4n) is 4.65. The summed E-state index contributed by atoms with van der Waals surface area (Å²) in [6.45, 7) is 4.34. The molecule has 3 aliphatic rings. The summed E-state index contributed by atoms with van der Waals surface area (Å²) in [7, 11) is 3.30. The highest BCUT2D eigenvalue weighted by molar-refractivity contribution is 8.03. The lowest BCUT2D eigenvalue weighted by Crippen LogP contribution is -2.66. The molecule has 184 valence electrons. The molecule has 0 spiro atoms. The van der Waals surface area contributed by atoms with Crippen molar-refractivity contribution < 1.29 is 33.1 Å². The van der Waals surface area contributed by atoms with Gasteiger partial charge in [0.05, 0.1) is 12.0 Å². The Morgan fingerprint density at radius 3 is 2.58 bits per heavy atom. The van der Waals surface area contributed by atoms with Crippen molar-refractivity contribution in [3.05, 3.63) is 10.6 Å².